The van der Waals surface area contributed by atoms with Gasteiger partial charge in [0.25, 0.3) is 0 Å². The number of aliphatic imine (C=N–C) groups is 1. The van der Waals surface area contributed by atoms with Gasteiger partial charge in [-0.2, -0.15) is 0 Å². The van der Waals surface area contributed by atoms with Crippen LogP contribution in [0.3, 0.4) is 0 Å². The molecule has 0 amide bonds. The Balaban J connectivity index is 2.24. The number of aromatic nitrogens is 1. The van der Waals surface area contributed by atoms with Crippen LogP contribution in [0.25, 0.3) is 0 Å². The van der Waals surface area contributed by atoms with Crippen LogP contribution in [0.2, 0.25) is 0 Å². The zero-order chi connectivity index (χ0) is 9.97. The number of hydrogen-bond acceptors (Lipinski definition) is 4. The highest BCUT2D eigenvalue weighted by atomic mass is 16.5. The highest BCUT2D eigenvalue weighted by Gasteiger charge is 2.33. The summed E-state index contributed by atoms with van der Waals surface area (Å²) in [4.78, 5) is 18.4. The van der Waals surface area contributed by atoms with E-state index in [2.05, 4.69) is 9.98 Å². The molecule has 1 aliphatic rings. The molecule has 1 N–H and O–H groups in total. The normalized spacial score (nSPS) is 24.6. The van der Waals surface area contributed by atoms with Gasteiger partial charge in [-0.1, -0.05) is 6.07 Å². The van der Waals surface area contributed by atoms with Gasteiger partial charge in [0.05, 0.1) is 0 Å². The predicted octanol–water partition coefficient (Wildman–Crippen LogP) is 0.634. The second-order valence-corrected chi connectivity index (χ2v) is 2.88. The predicted molar refractivity (Wildman–Crippen MR) is 48.0 cm³/mol. The van der Waals surface area contributed by atoms with Gasteiger partial charge in [0.15, 0.2) is 18.5 Å². The molecule has 2 atom stereocenters. The molecule has 5 nitrogen and oxygen atoms in total. The van der Waals surface area contributed by atoms with Crippen molar-refractivity contribution in [2.24, 2.45) is 4.99 Å². The van der Waals surface area contributed by atoms with Crippen LogP contribution in [0, 0.1) is 0 Å². The van der Waals surface area contributed by atoms with E-state index < -0.39 is 18.1 Å². The molecular formula is C9H8N2O3. The minimum atomic E-state index is -0.993. The number of carbonyl (C=O) groups is 1. The Morgan fingerprint density at radius 1 is 1.57 bits per heavy atom. The van der Waals surface area contributed by atoms with Crippen LogP contribution in [0.5, 0.6) is 0 Å². The number of hydrogen-bond donors (Lipinski definition) is 1. The quantitative estimate of drug-likeness (QED) is 0.746. The summed E-state index contributed by atoms with van der Waals surface area (Å²) in [5, 5.41) is 8.83. The molecule has 14 heavy (non-hydrogen) atoms. The van der Waals surface area contributed by atoms with Crippen LogP contribution in [0.4, 0.5) is 0 Å². The number of carboxylic acid groups (broad SMARTS) is 1. The summed E-state index contributed by atoms with van der Waals surface area (Å²) >= 11 is 0. The van der Waals surface area contributed by atoms with Crippen molar-refractivity contribution in [2.45, 2.75) is 12.1 Å². The molecule has 0 spiro atoms. The number of ether oxygens (including phenoxy) is 1. The molecular weight excluding hydrogens is 184 g/mol. The van der Waals surface area contributed by atoms with Gasteiger partial charge in [0, 0.05) is 18.0 Å². The summed E-state index contributed by atoms with van der Waals surface area (Å²) in [6, 6.07) is 2.64. The molecule has 0 unspecified atom stereocenters. The van der Waals surface area contributed by atoms with Crippen molar-refractivity contribution in [3.05, 3.63) is 30.1 Å². The molecule has 1 aromatic rings. The Bertz CT molecular complexity index is 364. The van der Waals surface area contributed by atoms with E-state index in [9.17, 15) is 4.79 Å². The maximum Gasteiger partial charge on any atom is 0.332 e. The highest BCUT2D eigenvalue weighted by Crippen LogP contribution is 2.26. The number of pyridine rings is 1. The minimum Gasteiger partial charge on any atom is -0.480 e. The first-order valence-corrected chi connectivity index (χ1v) is 4.09. The zero-order valence-corrected chi connectivity index (χ0v) is 7.20. The number of carboxylic acids is 1. The molecule has 1 aromatic heterocycles. The van der Waals surface area contributed by atoms with Crippen LogP contribution >= 0.6 is 0 Å². The van der Waals surface area contributed by atoms with Crippen molar-refractivity contribution in [3.63, 3.8) is 0 Å². The molecule has 0 saturated heterocycles. The number of aliphatic carboxylic acids is 1. The first-order valence-electron chi connectivity index (χ1n) is 4.09. The van der Waals surface area contributed by atoms with Gasteiger partial charge < -0.3 is 9.84 Å². The van der Waals surface area contributed by atoms with E-state index in [1.807, 2.05) is 0 Å². The lowest BCUT2D eigenvalue weighted by Crippen LogP contribution is -2.23. The fourth-order valence-electron chi connectivity index (χ4n) is 1.32. The lowest BCUT2D eigenvalue weighted by Gasteiger charge is -2.13. The SMILES string of the molecule is O=C(O)[C@H]1N=CO[C@@H]1c1cccnc1. The van der Waals surface area contributed by atoms with Crippen molar-refractivity contribution >= 4 is 12.4 Å². The molecule has 0 fully saturated rings. The fourth-order valence-corrected chi connectivity index (χ4v) is 1.32. The first kappa shape index (κ1) is 8.68. The van der Waals surface area contributed by atoms with Crippen LogP contribution in [-0.4, -0.2) is 28.5 Å². The van der Waals surface area contributed by atoms with Gasteiger partial charge >= 0.3 is 5.97 Å². The van der Waals surface area contributed by atoms with E-state index in [1.165, 1.54) is 6.40 Å². The monoisotopic (exact) mass is 192 g/mol. The van der Waals surface area contributed by atoms with Gasteiger partial charge in [-0.3, -0.25) is 4.98 Å². The summed E-state index contributed by atoms with van der Waals surface area (Å²) < 4.78 is 5.10. The zero-order valence-electron chi connectivity index (χ0n) is 7.20. The highest BCUT2D eigenvalue weighted by molar-refractivity contribution is 5.78. The van der Waals surface area contributed by atoms with Crippen LogP contribution < -0.4 is 0 Å². The smallest absolute Gasteiger partial charge is 0.332 e. The summed E-state index contributed by atoms with van der Waals surface area (Å²) in [6.07, 6.45) is 3.82. The number of rotatable bonds is 2. The molecule has 0 aliphatic carbocycles. The average Bonchev–Trinajstić information content (AvgIpc) is 2.67. The maximum absolute atomic E-state index is 10.8. The van der Waals surface area contributed by atoms with E-state index >= 15 is 0 Å². The third-order valence-electron chi connectivity index (χ3n) is 1.98. The van der Waals surface area contributed by atoms with Crippen LogP contribution in [-0.2, 0) is 9.53 Å². The lowest BCUT2D eigenvalue weighted by atomic mass is 10.1. The lowest BCUT2D eigenvalue weighted by molar-refractivity contribution is -0.140. The van der Waals surface area contributed by atoms with Crippen LogP contribution in [0.1, 0.15) is 11.7 Å². The third-order valence-corrected chi connectivity index (χ3v) is 1.98. The van der Waals surface area contributed by atoms with E-state index in [4.69, 9.17) is 9.84 Å². The standard InChI is InChI=1S/C9H8N2O3/c12-9(13)7-8(14-5-11-7)6-2-1-3-10-4-6/h1-5,7-8H,(H,12,13)/t7-,8+/m0/s1. The molecule has 2 rings (SSSR count). The second-order valence-electron chi connectivity index (χ2n) is 2.88. The Morgan fingerprint density at radius 3 is 3.07 bits per heavy atom. The molecule has 0 saturated carbocycles. The summed E-state index contributed by atoms with van der Waals surface area (Å²) in [6.45, 7) is 0. The topological polar surface area (TPSA) is 71.8 Å². The second kappa shape index (κ2) is 3.45. The molecule has 72 valence electrons. The summed E-state index contributed by atoms with van der Waals surface area (Å²) in [5.41, 5.74) is 0.720. The fraction of sp³-hybridized carbons (Fsp3) is 0.222. The molecule has 5 heteroatoms. The van der Waals surface area contributed by atoms with Crippen molar-refractivity contribution in [2.75, 3.05) is 0 Å². The number of nitrogens with zero attached hydrogens (tertiary/aromatic N) is 2. The van der Waals surface area contributed by atoms with Gasteiger partial charge in [0.2, 0.25) is 0 Å². The van der Waals surface area contributed by atoms with E-state index in [-0.39, 0.29) is 0 Å². The average molecular weight is 192 g/mol. The molecule has 0 radical (unpaired) electrons. The largest absolute Gasteiger partial charge is 0.480 e. The summed E-state index contributed by atoms with van der Waals surface area (Å²) in [5.74, 6) is -0.993. The van der Waals surface area contributed by atoms with Crippen LogP contribution in [0.15, 0.2) is 29.5 Å². The van der Waals surface area contributed by atoms with E-state index in [0.29, 0.717) is 0 Å². The van der Waals surface area contributed by atoms with Crippen molar-refractivity contribution in [1.82, 2.24) is 4.98 Å². The minimum absolute atomic E-state index is 0.554. The molecule has 2 heterocycles. The first-order chi connectivity index (χ1) is 6.79. The van der Waals surface area contributed by atoms with Gasteiger partial charge in [-0.25, -0.2) is 9.79 Å². The Hall–Kier alpha value is -1.91. The van der Waals surface area contributed by atoms with Gasteiger partial charge in [0.1, 0.15) is 0 Å². The Labute approximate surface area is 80.1 Å². The molecule has 0 aromatic carbocycles. The van der Waals surface area contributed by atoms with Gasteiger partial charge in [-0.15, -0.1) is 0 Å². The Kier molecular flexibility index (Phi) is 2.14. The van der Waals surface area contributed by atoms with Gasteiger partial charge in [-0.05, 0) is 6.07 Å². The Morgan fingerprint density at radius 2 is 2.43 bits per heavy atom. The van der Waals surface area contributed by atoms with E-state index in [1.54, 1.807) is 24.5 Å². The third kappa shape index (κ3) is 1.44. The molecule has 0 bridgehead atoms. The molecule has 1 aliphatic heterocycles. The summed E-state index contributed by atoms with van der Waals surface area (Å²) in [7, 11) is 0. The van der Waals surface area contributed by atoms with E-state index in [0.717, 1.165) is 5.56 Å². The van der Waals surface area contributed by atoms with Crippen molar-refractivity contribution in [1.29, 1.82) is 0 Å². The van der Waals surface area contributed by atoms with Crippen molar-refractivity contribution in [3.8, 4) is 0 Å². The van der Waals surface area contributed by atoms with Crippen molar-refractivity contribution < 1.29 is 14.6 Å². The maximum atomic E-state index is 10.8.